The Morgan fingerprint density at radius 3 is 3.00 bits per heavy atom. The van der Waals surface area contributed by atoms with Crippen molar-refractivity contribution >= 4 is 31.7 Å². The van der Waals surface area contributed by atoms with Crippen LogP contribution in [0.2, 0.25) is 0 Å². The maximum absolute atomic E-state index is 7.82. The van der Waals surface area contributed by atoms with Crippen LogP contribution in [0.3, 0.4) is 0 Å². The molecule has 99 valence electrons. The second-order valence-electron chi connectivity index (χ2n) is 4.75. The quantitative estimate of drug-likeness (QED) is 0.592. The molecule has 2 aromatic heterocycles. The molecule has 0 bridgehead atoms. The molecule has 3 aromatic rings. The first-order valence-electron chi connectivity index (χ1n) is 6.25. The van der Waals surface area contributed by atoms with E-state index in [1.165, 1.54) is 11.1 Å². The molecule has 1 N–H and O–H groups in total. The van der Waals surface area contributed by atoms with Gasteiger partial charge in [0.2, 0.25) is 0 Å². The van der Waals surface area contributed by atoms with E-state index in [-0.39, 0.29) is 0 Å². The Kier molecular flexibility index (Phi) is 3.38. The van der Waals surface area contributed by atoms with Gasteiger partial charge >= 0.3 is 125 Å². The zero-order valence-corrected chi connectivity index (χ0v) is 12.7. The average Bonchev–Trinajstić information content (AvgIpc) is 2.78. The molecule has 20 heavy (non-hydrogen) atoms. The topological polar surface area (TPSA) is 54.6 Å². The number of nitrogens with one attached hydrogen (secondary N) is 1. The molecule has 0 amide bonds. The Labute approximate surface area is 125 Å². The van der Waals surface area contributed by atoms with Crippen LogP contribution >= 0.6 is 0 Å². The summed E-state index contributed by atoms with van der Waals surface area (Å²) in [6.45, 7) is 2.82. The summed E-state index contributed by atoms with van der Waals surface area (Å²) in [6.07, 6.45) is 5.26. The summed E-state index contributed by atoms with van der Waals surface area (Å²) in [5, 5.41) is 8.73. The minimum atomic E-state index is 0.410. The summed E-state index contributed by atoms with van der Waals surface area (Å²) in [6, 6.07) is 8.41. The van der Waals surface area contributed by atoms with Gasteiger partial charge < -0.3 is 0 Å². The standard InChI is InChI=1S/C15H13N4Se/c1-10-3-2-4-11(5-10)7-19-8-13(14(16)20)12-6-17-9-18-15(12)19/h2-6,8-9,16H,7H2,1H3. The van der Waals surface area contributed by atoms with Gasteiger partial charge in [-0.25, -0.2) is 0 Å². The van der Waals surface area contributed by atoms with E-state index in [1.807, 2.05) is 6.20 Å². The number of nitrogens with zero attached hydrogens (tertiary/aromatic N) is 3. The van der Waals surface area contributed by atoms with Gasteiger partial charge in [-0.05, 0) is 0 Å². The van der Waals surface area contributed by atoms with Crippen molar-refractivity contribution in [2.75, 3.05) is 0 Å². The Morgan fingerprint density at radius 2 is 2.25 bits per heavy atom. The molecule has 0 fully saturated rings. The van der Waals surface area contributed by atoms with E-state index >= 15 is 0 Å². The molecule has 0 unspecified atom stereocenters. The summed E-state index contributed by atoms with van der Waals surface area (Å²) in [4.78, 5) is 8.40. The molecule has 0 saturated heterocycles. The summed E-state index contributed by atoms with van der Waals surface area (Å²) in [7, 11) is 0. The molecule has 5 heteroatoms. The monoisotopic (exact) mass is 329 g/mol. The van der Waals surface area contributed by atoms with E-state index < -0.39 is 0 Å². The van der Waals surface area contributed by atoms with Crippen molar-refractivity contribution in [3.63, 3.8) is 0 Å². The van der Waals surface area contributed by atoms with Crippen LogP contribution < -0.4 is 0 Å². The number of aromatic nitrogens is 3. The molecule has 0 spiro atoms. The van der Waals surface area contributed by atoms with E-state index in [4.69, 9.17) is 5.41 Å². The fourth-order valence-corrected chi connectivity index (χ4v) is 2.68. The molecule has 0 aliphatic heterocycles. The van der Waals surface area contributed by atoms with Gasteiger partial charge in [-0.2, -0.15) is 0 Å². The SMILES string of the molecule is Cc1cccc(Cn2cc(C(=N)[Se])c3cncnc32)c1. The molecule has 0 aliphatic carbocycles. The van der Waals surface area contributed by atoms with Crippen molar-refractivity contribution < 1.29 is 0 Å². The predicted octanol–water partition coefficient (Wildman–Crippen LogP) is 2.28. The molecule has 1 aromatic carbocycles. The summed E-state index contributed by atoms with van der Waals surface area (Å²) < 4.78 is 2.47. The Bertz CT molecular complexity index is 791. The van der Waals surface area contributed by atoms with E-state index in [1.54, 1.807) is 12.5 Å². The van der Waals surface area contributed by atoms with Crippen molar-refractivity contribution in [1.29, 1.82) is 5.41 Å². The second kappa shape index (κ2) is 5.19. The molecule has 4 nitrogen and oxygen atoms in total. The number of rotatable bonds is 3. The van der Waals surface area contributed by atoms with Crippen LogP contribution in [0.1, 0.15) is 16.7 Å². The molecule has 0 aliphatic rings. The van der Waals surface area contributed by atoms with Crippen LogP contribution in [0.25, 0.3) is 11.0 Å². The van der Waals surface area contributed by atoms with Crippen LogP contribution in [0, 0.1) is 12.3 Å². The first-order valence-corrected chi connectivity index (χ1v) is 7.11. The van der Waals surface area contributed by atoms with E-state index in [0.29, 0.717) is 4.61 Å². The summed E-state index contributed by atoms with van der Waals surface area (Å²) >= 11 is 2.75. The van der Waals surface area contributed by atoms with Gasteiger partial charge in [0.25, 0.3) is 0 Å². The molecule has 2 heterocycles. The van der Waals surface area contributed by atoms with Gasteiger partial charge in [-0.3, -0.25) is 0 Å². The van der Waals surface area contributed by atoms with Crippen molar-refractivity contribution in [1.82, 2.24) is 14.5 Å². The number of benzene rings is 1. The molecule has 0 saturated carbocycles. The normalized spacial score (nSPS) is 10.8. The number of hydrogen-bond donors (Lipinski definition) is 1. The van der Waals surface area contributed by atoms with Crippen LogP contribution in [0.4, 0.5) is 0 Å². The van der Waals surface area contributed by atoms with Gasteiger partial charge in [0.15, 0.2) is 0 Å². The molecule has 3 rings (SSSR count). The zero-order chi connectivity index (χ0) is 14.1. The Balaban J connectivity index is 2.10. The average molecular weight is 328 g/mol. The van der Waals surface area contributed by atoms with E-state index in [0.717, 1.165) is 23.1 Å². The maximum atomic E-state index is 7.82. The number of hydrogen-bond acceptors (Lipinski definition) is 3. The third-order valence-corrected chi connectivity index (χ3v) is 3.68. The van der Waals surface area contributed by atoms with Crippen molar-refractivity contribution in [2.24, 2.45) is 0 Å². The molecular weight excluding hydrogens is 315 g/mol. The summed E-state index contributed by atoms with van der Waals surface area (Å²) in [5.41, 5.74) is 4.16. The fourth-order valence-electron chi connectivity index (χ4n) is 2.34. The van der Waals surface area contributed by atoms with Gasteiger partial charge in [0.1, 0.15) is 0 Å². The van der Waals surface area contributed by atoms with E-state index in [2.05, 4.69) is 61.7 Å². The Morgan fingerprint density at radius 1 is 1.40 bits per heavy atom. The van der Waals surface area contributed by atoms with Crippen LogP contribution in [0.5, 0.6) is 0 Å². The van der Waals surface area contributed by atoms with Gasteiger partial charge in [-0.15, -0.1) is 0 Å². The molecular formula is C15H13N4Se. The first kappa shape index (κ1) is 13.0. The molecule has 1 radical (unpaired) electrons. The first-order chi connectivity index (χ1) is 9.65. The predicted molar refractivity (Wildman–Crippen MR) is 80.4 cm³/mol. The zero-order valence-electron chi connectivity index (χ0n) is 11.0. The second-order valence-corrected chi connectivity index (χ2v) is 5.61. The van der Waals surface area contributed by atoms with Crippen molar-refractivity contribution in [3.8, 4) is 0 Å². The van der Waals surface area contributed by atoms with Crippen LogP contribution in [-0.2, 0) is 6.54 Å². The fraction of sp³-hybridized carbons (Fsp3) is 0.133. The van der Waals surface area contributed by atoms with E-state index in [9.17, 15) is 0 Å². The number of aryl methyl sites for hydroxylation is 1. The third-order valence-electron chi connectivity index (χ3n) is 3.22. The summed E-state index contributed by atoms with van der Waals surface area (Å²) in [5.74, 6) is 0. The molecule has 0 atom stereocenters. The number of fused-ring (bicyclic) bond motifs is 1. The third kappa shape index (κ3) is 2.38. The van der Waals surface area contributed by atoms with Crippen LogP contribution in [-0.4, -0.2) is 35.2 Å². The van der Waals surface area contributed by atoms with Crippen molar-refractivity contribution in [3.05, 3.63) is 59.7 Å². The Hall–Kier alpha value is -1.97. The van der Waals surface area contributed by atoms with Crippen molar-refractivity contribution in [2.45, 2.75) is 13.5 Å². The minimum absolute atomic E-state index is 0.410. The van der Waals surface area contributed by atoms with Gasteiger partial charge in [0.05, 0.1) is 0 Å². The van der Waals surface area contributed by atoms with Crippen LogP contribution in [0.15, 0.2) is 43.0 Å². The van der Waals surface area contributed by atoms with Gasteiger partial charge in [0, 0.05) is 0 Å². The van der Waals surface area contributed by atoms with Gasteiger partial charge in [-0.1, -0.05) is 0 Å².